The highest BCUT2D eigenvalue weighted by Crippen LogP contribution is 1.85. The number of carboxylic acid groups (broad SMARTS) is 1. The molecule has 0 saturated heterocycles. The van der Waals surface area contributed by atoms with Gasteiger partial charge in [0.05, 0.1) is 12.9 Å². The van der Waals surface area contributed by atoms with Crippen molar-refractivity contribution >= 4 is 12.0 Å². The Labute approximate surface area is 97.3 Å². The second-order valence-electron chi connectivity index (χ2n) is 3.27. The first-order valence-corrected chi connectivity index (χ1v) is 4.97. The molecule has 1 atom stereocenters. The SMILES string of the molecule is O=C(NCCn1ccnc1)N[C@H](CO)C(=O)O. The Morgan fingerprint density at radius 2 is 2.24 bits per heavy atom. The Kier molecular flexibility index (Phi) is 4.95. The number of hydrogen-bond donors (Lipinski definition) is 4. The molecule has 2 amide bonds. The summed E-state index contributed by atoms with van der Waals surface area (Å²) in [5.41, 5.74) is 0. The Balaban J connectivity index is 2.23. The summed E-state index contributed by atoms with van der Waals surface area (Å²) in [4.78, 5) is 25.6. The molecule has 8 heteroatoms. The Bertz CT molecular complexity index is 365. The summed E-state index contributed by atoms with van der Waals surface area (Å²) < 4.78 is 1.76. The zero-order valence-corrected chi connectivity index (χ0v) is 9.04. The van der Waals surface area contributed by atoms with Gasteiger partial charge in [0.2, 0.25) is 0 Å². The van der Waals surface area contributed by atoms with Crippen molar-refractivity contribution in [2.75, 3.05) is 13.2 Å². The van der Waals surface area contributed by atoms with Crippen molar-refractivity contribution in [1.82, 2.24) is 20.2 Å². The van der Waals surface area contributed by atoms with Gasteiger partial charge in [-0.2, -0.15) is 0 Å². The van der Waals surface area contributed by atoms with Crippen LogP contribution in [0.3, 0.4) is 0 Å². The first-order valence-electron chi connectivity index (χ1n) is 4.97. The molecule has 1 heterocycles. The van der Waals surface area contributed by atoms with Crippen molar-refractivity contribution in [2.24, 2.45) is 0 Å². The van der Waals surface area contributed by atoms with Gasteiger partial charge in [-0.05, 0) is 0 Å². The Morgan fingerprint density at radius 1 is 1.47 bits per heavy atom. The monoisotopic (exact) mass is 242 g/mol. The van der Waals surface area contributed by atoms with Crippen LogP contribution in [-0.4, -0.2) is 51.0 Å². The number of amides is 2. The van der Waals surface area contributed by atoms with Gasteiger partial charge in [-0.3, -0.25) is 0 Å². The molecular weight excluding hydrogens is 228 g/mol. The minimum absolute atomic E-state index is 0.333. The number of aliphatic hydroxyl groups excluding tert-OH is 1. The van der Waals surface area contributed by atoms with Crippen LogP contribution in [0, 0.1) is 0 Å². The van der Waals surface area contributed by atoms with Gasteiger partial charge in [0.1, 0.15) is 0 Å². The van der Waals surface area contributed by atoms with Crippen LogP contribution >= 0.6 is 0 Å². The molecule has 0 bridgehead atoms. The molecule has 1 aromatic heterocycles. The minimum atomic E-state index is -1.29. The fourth-order valence-electron chi connectivity index (χ4n) is 1.11. The molecule has 1 rings (SSSR count). The smallest absolute Gasteiger partial charge is 0.328 e. The predicted octanol–water partition coefficient (Wildman–Crippen LogP) is -1.37. The summed E-state index contributed by atoms with van der Waals surface area (Å²) in [6.07, 6.45) is 4.97. The number of imidazole rings is 1. The molecule has 0 aliphatic heterocycles. The molecule has 1 aromatic rings. The van der Waals surface area contributed by atoms with Crippen molar-refractivity contribution in [1.29, 1.82) is 0 Å². The number of nitrogens with zero attached hydrogens (tertiary/aromatic N) is 2. The van der Waals surface area contributed by atoms with Gasteiger partial charge in [-0.25, -0.2) is 14.6 Å². The molecule has 0 aliphatic rings. The number of nitrogens with one attached hydrogen (secondary N) is 2. The van der Waals surface area contributed by atoms with Crippen molar-refractivity contribution in [2.45, 2.75) is 12.6 Å². The summed E-state index contributed by atoms with van der Waals surface area (Å²) in [7, 11) is 0. The average Bonchev–Trinajstić information content (AvgIpc) is 2.78. The summed E-state index contributed by atoms with van der Waals surface area (Å²) in [6, 6.07) is -1.92. The van der Waals surface area contributed by atoms with Crippen LogP contribution in [0.4, 0.5) is 4.79 Å². The van der Waals surface area contributed by atoms with Gasteiger partial charge in [0.15, 0.2) is 6.04 Å². The van der Waals surface area contributed by atoms with Crippen LogP contribution in [0.2, 0.25) is 0 Å². The van der Waals surface area contributed by atoms with E-state index in [1.807, 2.05) is 0 Å². The predicted molar refractivity (Wildman–Crippen MR) is 57.3 cm³/mol. The van der Waals surface area contributed by atoms with Crippen LogP contribution in [-0.2, 0) is 11.3 Å². The number of carbonyl (C=O) groups is 2. The molecule has 0 saturated carbocycles. The highest BCUT2D eigenvalue weighted by molar-refractivity contribution is 5.82. The van der Waals surface area contributed by atoms with Crippen molar-refractivity contribution in [3.8, 4) is 0 Å². The van der Waals surface area contributed by atoms with E-state index in [1.54, 1.807) is 23.3 Å². The number of urea groups is 1. The van der Waals surface area contributed by atoms with E-state index in [4.69, 9.17) is 10.2 Å². The Morgan fingerprint density at radius 3 is 2.76 bits per heavy atom. The number of aromatic nitrogens is 2. The highest BCUT2D eigenvalue weighted by atomic mass is 16.4. The molecule has 0 aliphatic carbocycles. The largest absolute Gasteiger partial charge is 0.480 e. The van der Waals surface area contributed by atoms with Crippen LogP contribution < -0.4 is 10.6 Å². The average molecular weight is 242 g/mol. The summed E-state index contributed by atoms with van der Waals surface area (Å²) in [5, 5.41) is 21.9. The van der Waals surface area contributed by atoms with Gasteiger partial charge in [-0.1, -0.05) is 0 Å². The molecule has 0 fully saturated rings. The molecule has 8 nitrogen and oxygen atoms in total. The van der Waals surface area contributed by atoms with Gasteiger partial charge in [-0.15, -0.1) is 0 Å². The number of aliphatic hydroxyl groups is 1. The molecule has 94 valence electrons. The maximum atomic E-state index is 11.2. The molecule has 0 radical (unpaired) electrons. The first-order chi connectivity index (χ1) is 8.13. The van der Waals surface area contributed by atoms with Gasteiger partial charge >= 0.3 is 12.0 Å². The van der Waals surface area contributed by atoms with E-state index in [2.05, 4.69) is 15.6 Å². The van der Waals surface area contributed by atoms with Crippen molar-refractivity contribution in [3.63, 3.8) is 0 Å². The second kappa shape index (κ2) is 6.48. The van der Waals surface area contributed by atoms with Crippen LogP contribution in [0.5, 0.6) is 0 Å². The lowest BCUT2D eigenvalue weighted by Gasteiger charge is -2.12. The molecule has 0 unspecified atom stereocenters. The van der Waals surface area contributed by atoms with Crippen LogP contribution in [0.25, 0.3) is 0 Å². The topological polar surface area (TPSA) is 116 Å². The van der Waals surface area contributed by atoms with Gasteiger partial charge in [0.25, 0.3) is 0 Å². The summed E-state index contributed by atoms with van der Waals surface area (Å²) in [5.74, 6) is -1.28. The van der Waals surface area contributed by atoms with E-state index >= 15 is 0 Å². The molecule has 4 N–H and O–H groups in total. The third kappa shape index (κ3) is 4.51. The normalized spacial score (nSPS) is 11.8. The Hall–Kier alpha value is -2.09. The minimum Gasteiger partial charge on any atom is -0.480 e. The van der Waals surface area contributed by atoms with Gasteiger partial charge < -0.3 is 25.4 Å². The standard InChI is InChI=1S/C9H14N4O4/c14-5-7(8(15)16)12-9(17)11-2-4-13-3-1-10-6-13/h1,3,6-7,14H,2,4-5H2,(H,15,16)(H2,11,12,17)/t7-/m1/s1. The van der Waals surface area contributed by atoms with Crippen LogP contribution in [0.1, 0.15) is 0 Å². The lowest BCUT2D eigenvalue weighted by Crippen LogP contribution is -2.48. The third-order valence-corrected chi connectivity index (χ3v) is 2.00. The fourth-order valence-corrected chi connectivity index (χ4v) is 1.11. The van der Waals surface area contributed by atoms with E-state index < -0.39 is 24.6 Å². The van der Waals surface area contributed by atoms with E-state index in [-0.39, 0.29) is 0 Å². The molecule has 0 spiro atoms. The quantitative estimate of drug-likeness (QED) is 0.491. The van der Waals surface area contributed by atoms with E-state index in [9.17, 15) is 9.59 Å². The molecular formula is C9H14N4O4. The van der Waals surface area contributed by atoms with Crippen molar-refractivity contribution in [3.05, 3.63) is 18.7 Å². The third-order valence-electron chi connectivity index (χ3n) is 2.00. The van der Waals surface area contributed by atoms with E-state index in [1.165, 1.54) is 0 Å². The zero-order valence-electron chi connectivity index (χ0n) is 9.04. The zero-order chi connectivity index (χ0) is 12.7. The first kappa shape index (κ1) is 13.0. The maximum absolute atomic E-state index is 11.2. The summed E-state index contributed by atoms with van der Waals surface area (Å²) >= 11 is 0. The number of carboxylic acids is 1. The van der Waals surface area contributed by atoms with E-state index in [0.717, 1.165) is 0 Å². The molecule has 17 heavy (non-hydrogen) atoms. The second-order valence-corrected chi connectivity index (χ2v) is 3.27. The van der Waals surface area contributed by atoms with Crippen LogP contribution in [0.15, 0.2) is 18.7 Å². The summed E-state index contributed by atoms with van der Waals surface area (Å²) in [6.45, 7) is 0.217. The highest BCUT2D eigenvalue weighted by Gasteiger charge is 2.17. The van der Waals surface area contributed by atoms with E-state index in [0.29, 0.717) is 13.1 Å². The maximum Gasteiger partial charge on any atom is 0.328 e. The molecule has 0 aromatic carbocycles. The van der Waals surface area contributed by atoms with Crippen molar-refractivity contribution < 1.29 is 19.8 Å². The lowest BCUT2D eigenvalue weighted by atomic mass is 10.3. The lowest BCUT2D eigenvalue weighted by molar-refractivity contribution is -0.140. The van der Waals surface area contributed by atoms with Gasteiger partial charge in [0, 0.05) is 25.5 Å². The number of aliphatic carboxylic acids is 1. The fraction of sp³-hybridized carbons (Fsp3) is 0.444. The number of rotatable bonds is 6. The number of carbonyl (C=O) groups excluding carboxylic acids is 1. The number of hydrogen-bond acceptors (Lipinski definition) is 4.